The monoisotopic (exact) mass is 225 g/mol. The first kappa shape index (κ1) is 11.7. The number of likely N-dealkylation sites (tertiary alicyclic amines) is 1. The van der Waals surface area contributed by atoms with Gasteiger partial charge in [0.2, 0.25) is 0 Å². The highest BCUT2D eigenvalue weighted by Gasteiger charge is 2.25. The molecule has 1 unspecified atom stereocenters. The van der Waals surface area contributed by atoms with E-state index in [2.05, 4.69) is 17.3 Å². The van der Waals surface area contributed by atoms with Gasteiger partial charge in [0, 0.05) is 26.2 Å². The molecule has 0 bridgehead atoms. The van der Waals surface area contributed by atoms with Gasteiger partial charge in [0.05, 0.1) is 0 Å². The maximum Gasteiger partial charge on any atom is 0.317 e. The van der Waals surface area contributed by atoms with Gasteiger partial charge >= 0.3 is 6.03 Å². The summed E-state index contributed by atoms with van der Waals surface area (Å²) >= 11 is 0. The van der Waals surface area contributed by atoms with Crippen LogP contribution in [0.5, 0.6) is 0 Å². The second-order valence-electron chi connectivity index (χ2n) is 5.37. The van der Waals surface area contributed by atoms with Crippen molar-refractivity contribution in [1.29, 1.82) is 0 Å². The second kappa shape index (κ2) is 5.04. The topological polar surface area (TPSA) is 35.6 Å². The van der Waals surface area contributed by atoms with Crippen molar-refractivity contribution in [3.8, 4) is 0 Å². The highest BCUT2D eigenvalue weighted by Crippen LogP contribution is 2.19. The van der Waals surface area contributed by atoms with Crippen LogP contribution < -0.4 is 5.32 Å². The van der Waals surface area contributed by atoms with Crippen LogP contribution in [0.4, 0.5) is 4.79 Å². The van der Waals surface area contributed by atoms with Crippen molar-refractivity contribution < 1.29 is 4.79 Å². The van der Waals surface area contributed by atoms with Gasteiger partial charge in [-0.05, 0) is 45.2 Å². The fraction of sp³-hybridized carbons (Fsp3) is 0.917. The van der Waals surface area contributed by atoms with E-state index < -0.39 is 0 Å². The number of urea groups is 1. The maximum absolute atomic E-state index is 11.8. The first-order chi connectivity index (χ1) is 7.65. The van der Waals surface area contributed by atoms with Crippen molar-refractivity contribution in [3.05, 3.63) is 0 Å². The molecule has 0 aromatic rings. The number of hydrogen-bond donors (Lipinski definition) is 1. The number of carbonyl (C=O) groups excluding carboxylic acids is 1. The predicted octanol–water partition coefficient (Wildman–Crippen LogP) is 1.13. The van der Waals surface area contributed by atoms with Crippen LogP contribution in [-0.4, -0.2) is 55.6 Å². The van der Waals surface area contributed by atoms with Gasteiger partial charge in [-0.1, -0.05) is 0 Å². The molecule has 4 nitrogen and oxygen atoms in total. The summed E-state index contributed by atoms with van der Waals surface area (Å²) in [4.78, 5) is 16.0. The van der Waals surface area contributed by atoms with Gasteiger partial charge in [0.15, 0.2) is 0 Å². The van der Waals surface area contributed by atoms with Crippen LogP contribution in [-0.2, 0) is 0 Å². The van der Waals surface area contributed by atoms with E-state index in [1.807, 2.05) is 11.9 Å². The molecule has 2 aliphatic rings. The molecule has 92 valence electrons. The summed E-state index contributed by atoms with van der Waals surface area (Å²) in [5.41, 5.74) is 0. The molecule has 1 aliphatic carbocycles. The predicted molar refractivity (Wildman–Crippen MR) is 64.4 cm³/mol. The van der Waals surface area contributed by atoms with Gasteiger partial charge in [-0.3, -0.25) is 0 Å². The Balaban J connectivity index is 1.69. The summed E-state index contributed by atoms with van der Waals surface area (Å²) in [6.07, 6.45) is 4.80. The van der Waals surface area contributed by atoms with Crippen molar-refractivity contribution in [2.45, 2.75) is 31.7 Å². The Morgan fingerprint density at radius 3 is 2.69 bits per heavy atom. The van der Waals surface area contributed by atoms with E-state index in [4.69, 9.17) is 0 Å². The van der Waals surface area contributed by atoms with E-state index in [9.17, 15) is 4.79 Å². The minimum Gasteiger partial charge on any atom is -0.335 e. The van der Waals surface area contributed by atoms with Crippen LogP contribution in [0, 0.1) is 5.92 Å². The zero-order valence-electron chi connectivity index (χ0n) is 10.4. The SMILES string of the molecule is CN1CCC(CN(C)C(=O)NC2CCC2)C1. The Labute approximate surface area is 98.0 Å². The van der Waals surface area contributed by atoms with Crippen molar-refractivity contribution in [3.63, 3.8) is 0 Å². The molecule has 1 atom stereocenters. The molecule has 0 aromatic carbocycles. The molecule has 0 radical (unpaired) electrons. The van der Waals surface area contributed by atoms with Crippen LogP contribution in [0.15, 0.2) is 0 Å². The van der Waals surface area contributed by atoms with E-state index in [0.717, 1.165) is 25.9 Å². The summed E-state index contributed by atoms with van der Waals surface area (Å²) in [6.45, 7) is 3.19. The molecule has 1 saturated carbocycles. The molecule has 2 fully saturated rings. The lowest BCUT2D eigenvalue weighted by Crippen LogP contribution is -2.47. The average Bonchev–Trinajstić information content (AvgIpc) is 2.57. The van der Waals surface area contributed by atoms with Crippen molar-refractivity contribution >= 4 is 6.03 Å². The summed E-state index contributed by atoms with van der Waals surface area (Å²) in [7, 11) is 4.06. The van der Waals surface area contributed by atoms with Crippen molar-refractivity contribution in [1.82, 2.24) is 15.1 Å². The molecule has 1 heterocycles. The zero-order valence-corrected chi connectivity index (χ0v) is 10.4. The van der Waals surface area contributed by atoms with Gasteiger partial charge in [0.1, 0.15) is 0 Å². The molecule has 2 amide bonds. The molecule has 2 rings (SSSR count). The van der Waals surface area contributed by atoms with Gasteiger partial charge in [-0.25, -0.2) is 4.79 Å². The smallest absolute Gasteiger partial charge is 0.317 e. The van der Waals surface area contributed by atoms with E-state index in [0.29, 0.717) is 12.0 Å². The molecular formula is C12H23N3O. The Morgan fingerprint density at radius 1 is 1.44 bits per heavy atom. The standard InChI is InChI=1S/C12H23N3O/c1-14-7-6-10(8-14)9-15(2)12(16)13-11-4-3-5-11/h10-11H,3-9H2,1-2H3,(H,13,16). The molecule has 0 spiro atoms. The van der Waals surface area contributed by atoms with Gasteiger partial charge in [0.25, 0.3) is 0 Å². The van der Waals surface area contributed by atoms with Gasteiger partial charge < -0.3 is 15.1 Å². The van der Waals surface area contributed by atoms with Gasteiger partial charge in [-0.2, -0.15) is 0 Å². The lowest BCUT2D eigenvalue weighted by atomic mass is 9.93. The Bertz CT molecular complexity index is 253. The van der Waals surface area contributed by atoms with E-state index >= 15 is 0 Å². The van der Waals surface area contributed by atoms with Crippen molar-refractivity contribution in [2.75, 3.05) is 33.7 Å². The van der Waals surface area contributed by atoms with E-state index in [-0.39, 0.29) is 6.03 Å². The van der Waals surface area contributed by atoms with Crippen LogP contribution in [0.2, 0.25) is 0 Å². The van der Waals surface area contributed by atoms with Crippen molar-refractivity contribution in [2.24, 2.45) is 5.92 Å². The van der Waals surface area contributed by atoms with Crippen LogP contribution >= 0.6 is 0 Å². The molecule has 4 heteroatoms. The summed E-state index contributed by atoms with van der Waals surface area (Å²) in [5.74, 6) is 0.655. The number of amides is 2. The van der Waals surface area contributed by atoms with Gasteiger partial charge in [-0.15, -0.1) is 0 Å². The average molecular weight is 225 g/mol. The maximum atomic E-state index is 11.8. The molecule has 1 saturated heterocycles. The Kier molecular flexibility index (Phi) is 3.69. The first-order valence-corrected chi connectivity index (χ1v) is 6.35. The van der Waals surface area contributed by atoms with E-state index in [1.54, 1.807) is 0 Å². The highest BCUT2D eigenvalue weighted by molar-refractivity contribution is 5.74. The number of rotatable bonds is 3. The third-order valence-electron chi connectivity index (χ3n) is 3.80. The Hall–Kier alpha value is -0.770. The van der Waals surface area contributed by atoms with Crippen LogP contribution in [0.1, 0.15) is 25.7 Å². The lowest BCUT2D eigenvalue weighted by molar-refractivity contribution is 0.189. The summed E-state index contributed by atoms with van der Waals surface area (Å²) < 4.78 is 0. The Morgan fingerprint density at radius 2 is 2.19 bits per heavy atom. The molecular weight excluding hydrogens is 202 g/mol. The lowest BCUT2D eigenvalue weighted by Gasteiger charge is -2.30. The molecule has 0 aromatic heterocycles. The number of carbonyl (C=O) groups is 1. The normalized spacial score (nSPS) is 26.5. The second-order valence-corrected chi connectivity index (χ2v) is 5.37. The third-order valence-corrected chi connectivity index (χ3v) is 3.80. The minimum atomic E-state index is 0.110. The van der Waals surface area contributed by atoms with Crippen LogP contribution in [0.3, 0.4) is 0 Å². The van der Waals surface area contributed by atoms with E-state index in [1.165, 1.54) is 19.4 Å². The molecule has 16 heavy (non-hydrogen) atoms. The number of hydrogen-bond acceptors (Lipinski definition) is 2. The highest BCUT2D eigenvalue weighted by atomic mass is 16.2. The van der Waals surface area contributed by atoms with Crippen LogP contribution in [0.25, 0.3) is 0 Å². The zero-order chi connectivity index (χ0) is 11.5. The number of nitrogens with zero attached hydrogens (tertiary/aromatic N) is 2. The minimum absolute atomic E-state index is 0.110. The molecule has 1 aliphatic heterocycles. The number of nitrogens with one attached hydrogen (secondary N) is 1. The summed E-state index contributed by atoms with van der Waals surface area (Å²) in [5, 5.41) is 3.07. The fourth-order valence-electron chi connectivity index (χ4n) is 2.48. The summed E-state index contributed by atoms with van der Waals surface area (Å²) in [6, 6.07) is 0.556. The quantitative estimate of drug-likeness (QED) is 0.781. The fourth-order valence-corrected chi connectivity index (χ4v) is 2.48. The first-order valence-electron chi connectivity index (χ1n) is 6.35. The molecule has 1 N–H and O–H groups in total. The third kappa shape index (κ3) is 2.88. The largest absolute Gasteiger partial charge is 0.335 e.